The molecule has 0 radical (unpaired) electrons. The fourth-order valence-electron chi connectivity index (χ4n) is 2.90. The summed E-state index contributed by atoms with van der Waals surface area (Å²) in [6.07, 6.45) is -4.00. The third-order valence-electron chi connectivity index (χ3n) is 4.40. The van der Waals surface area contributed by atoms with Crippen molar-refractivity contribution in [3.63, 3.8) is 0 Å². The van der Waals surface area contributed by atoms with Crippen LogP contribution in [0.5, 0.6) is 0 Å². The van der Waals surface area contributed by atoms with E-state index >= 15 is 0 Å². The van der Waals surface area contributed by atoms with Gasteiger partial charge in [-0.25, -0.2) is 4.39 Å². The highest BCUT2D eigenvalue weighted by Gasteiger charge is 2.30. The molecule has 0 saturated carbocycles. The molecule has 29 heavy (non-hydrogen) atoms. The Morgan fingerprint density at radius 3 is 2.07 bits per heavy atom. The molecule has 0 saturated heterocycles. The highest BCUT2D eigenvalue weighted by atomic mass is 19.4. The summed E-state index contributed by atoms with van der Waals surface area (Å²) in [5, 5.41) is 9.55. The van der Waals surface area contributed by atoms with Crippen molar-refractivity contribution in [2.45, 2.75) is 18.6 Å². The number of hydrogen-bond donors (Lipinski definition) is 0. The Labute approximate surface area is 165 Å². The van der Waals surface area contributed by atoms with Crippen LogP contribution in [0.15, 0.2) is 83.9 Å². The van der Waals surface area contributed by atoms with Crippen LogP contribution in [-0.2, 0) is 12.6 Å². The van der Waals surface area contributed by atoms with Crippen LogP contribution < -0.4 is 0 Å². The van der Waals surface area contributed by atoms with Crippen molar-refractivity contribution in [2.24, 2.45) is 4.99 Å². The van der Waals surface area contributed by atoms with Crippen molar-refractivity contribution >= 4 is 5.71 Å². The zero-order valence-corrected chi connectivity index (χ0v) is 15.2. The average molecular weight is 396 g/mol. The molecule has 0 unspecified atom stereocenters. The second kappa shape index (κ2) is 8.70. The van der Waals surface area contributed by atoms with Crippen molar-refractivity contribution in [1.29, 1.82) is 5.26 Å². The fraction of sp³-hybridized carbons (Fsp3) is 0.130. The molecule has 0 spiro atoms. The van der Waals surface area contributed by atoms with Crippen LogP contribution in [0.25, 0.3) is 0 Å². The lowest BCUT2D eigenvalue weighted by Gasteiger charge is -2.15. The Hall–Kier alpha value is -3.46. The Kier molecular flexibility index (Phi) is 6.08. The third kappa shape index (κ3) is 5.29. The van der Waals surface area contributed by atoms with Crippen LogP contribution in [0.1, 0.15) is 28.3 Å². The molecule has 146 valence electrons. The van der Waals surface area contributed by atoms with E-state index < -0.39 is 17.8 Å². The summed E-state index contributed by atoms with van der Waals surface area (Å²) in [6, 6.07) is 21.1. The predicted molar refractivity (Wildman–Crippen MR) is 103 cm³/mol. The number of nitriles is 1. The minimum absolute atomic E-state index is 0.0176. The van der Waals surface area contributed by atoms with E-state index in [4.69, 9.17) is 0 Å². The van der Waals surface area contributed by atoms with Gasteiger partial charge in [-0.3, -0.25) is 4.99 Å². The van der Waals surface area contributed by atoms with Gasteiger partial charge in [-0.2, -0.15) is 18.4 Å². The van der Waals surface area contributed by atoms with Gasteiger partial charge in [0.05, 0.1) is 11.6 Å². The molecule has 6 heteroatoms. The summed E-state index contributed by atoms with van der Waals surface area (Å²) >= 11 is 0. The predicted octanol–water partition coefficient (Wildman–Crippen LogP) is 6.14. The minimum atomic E-state index is -4.45. The summed E-state index contributed by atoms with van der Waals surface area (Å²) in [7, 11) is 0. The molecular formula is C23H16F4N2. The highest BCUT2D eigenvalue weighted by Crippen LogP contribution is 2.29. The molecule has 0 N–H and O–H groups in total. The Morgan fingerprint density at radius 1 is 0.897 bits per heavy atom. The molecule has 3 rings (SSSR count). The van der Waals surface area contributed by atoms with E-state index in [1.807, 2.05) is 36.4 Å². The average Bonchev–Trinajstić information content (AvgIpc) is 2.72. The van der Waals surface area contributed by atoms with E-state index in [0.29, 0.717) is 17.5 Å². The van der Waals surface area contributed by atoms with Crippen LogP contribution in [0.3, 0.4) is 0 Å². The summed E-state index contributed by atoms with van der Waals surface area (Å²) in [6.45, 7) is 0. The summed E-state index contributed by atoms with van der Waals surface area (Å²) in [4.78, 5) is 4.50. The topological polar surface area (TPSA) is 36.1 Å². The monoisotopic (exact) mass is 396 g/mol. The smallest absolute Gasteiger partial charge is 0.265 e. The lowest BCUT2D eigenvalue weighted by Crippen LogP contribution is -2.08. The van der Waals surface area contributed by atoms with Crippen molar-refractivity contribution in [2.75, 3.05) is 0 Å². The molecular weight excluding hydrogens is 380 g/mol. The molecule has 0 aliphatic heterocycles. The van der Waals surface area contributed by atoms with Crippen molar-refractivity contribution < 1.29 is 17.6 Å². The number of hydrogen-bond acceptors (Lipinski definition) is 2. The van der Waals surface area contributed by atoms with E-state index in [2.05, 4.69) is 4.99 Å². The quantitative estimate of drug-likeness (QED) is 0.377. The first-order chi connectivity index (χ1) is 13.9. The van der Waals surface area contributed by atoms with E-state index in [1.165, 1.54) is 24.3 Å². The standard InChI is InChI=1S/C23H16F4N2/c24-20-12-8-17(9-13-20)21(14-16-4-2-1-3-5-16)29-22(15-28)18-6-10-19(11-7-18)23(25,26)27/h1-13,21H,14H2/t21-/m1/s1. The van der Waals surface area contributed by atoms with Gasteiger partial charge in [0.25, 0.3) is 0 Å². The second-order valence-electron chi connectivity index (χ2n) is 6.42. The molecule has 0 amide bonds. The number of aliphatic imine (C=N–C) groups is 1. The van der Waals surface area contributed by atoms with Gasteiger partial charge in [0.2, 0.25) is 0 Å². The number of halogens is 4. The van der Waals surface area contributed by atoms with Gasteiger partial charge in [0.1, 0.15) is 17.6 Å². The van der Waals surface area contributed by atoms with Crippen molar-refractivity contribution in [3.8, 4) is 6.07 Å². The van der Waals surface area contributed by atoms with Crippen LogP contribution in [0.4, 0.5) is 17.6 Å². The van der Waals surface area contributed by atoms with Gasteiger partial charge < -0.3 is 0 Å². The third-order valence-corrected chi connectivity index (χ3v) is 4.40. The van der Waals surface area contributed by atoms with Gasteiger partial charge in [-0.05, 0) is 41.8 Å². The zero-order valence-electron chi connectivity index (χ0n) is 15.2. The van der Waals surface area contributed by atoms with Gasteiger partial charge >= 0.3 is 6.18 Å². The molecule has 0 aliphatic rings. The Morgan fingerprint density at radius 2 is 1.52 bits per heavy atom. The van der Waals surface area contributed by atoms with E-state index in [1.54, 1.807) is 12.1 Å². The zero-order chi connectivity index (χ0) is 20.9. The Bertz CT molecular complexity index is 1020. The first-order valence-electron chi connectivity index (χ1n) is 8.82. The minimum Gasteiger partial charge on any atom is -0.265 e. The van der Waals surface area contributed by atoms with Crippen LogP contribution >= 0.6 is 0 Å². The highest BCUT2D eigenvalue weighted by molar-refractivity contribution is 6.11. The molecule has 3 aromatic rings. The van der Waals surface area contributed by atoms with Crippen LogP contribution in [0.2, 0.25) is 0 Å². The summed E-state index contributed by atoms with van der Waals surface area (Å²) < 4.78 is 51.7. The molecule has 1 atom stereocenters. The number of benzene rings is 3. The SMILES string of the molecule is N#CC(=N[C@H](Cc1ccccc1)c1ccc(F)cc1)c1ccc(C(F)(F)F)cc1. The van der Waals surface area contributed by atoms with Gasteiger partial charge in [-0.15, -0.1) is 0 Å². The van der Waals surface area contributed by atoms with E-state index in [-0.39, 0.29) is 11.5 Å². The molecule has 0 bridgehead atoms. The van der Waals surface area contributed by atoms with Gasteiger partial charge in [0.15, 0.2) is 0 Å². The molecule has 0 fully saturated rings. The second-order valence-corrected chi connectivity index (χ2v) is 6.42. The molecule has 0 aliphatic carbocycles. The summed E-state index contributed by atoms with van der Waals surface area (Å²) in [5.74, 6) is -0.389. The lowest BCUT2D eigenvalue weighted by atomic mass is 9.98. The van der Waals surface area contributed by atoms with Crippen LogP contribution in [0, 0.1) is 17.1 Å². The van der Waals surface area contributed by atoms with Crippen molar-refractivity contribution in [3.05, 3.63) is 107 Å². The number of alkyl halides is 3. The van der Waals surface area contributed by atoms with Crippen LogP contribution in [-0.4, -0.2) is 5.71 Å². The van der Waals surface area contributed by atoms with E-state index in [0.717, 1.165) is 17.7 Å². The molecule has 0 aromatic heterocycles. The van der Waals surface area contributed by atoms with Crippen molar-refractivity contribution in [1.82, 2.24) is 0 Å². The Balaban J connectivity index is 1.98. The molecule has 3 aromatic carbocycles. The lowest BCUT2D eigenvalue weighted by molar-refractivity contribution is -0.137. The first kappa shape index (κ1) is 20.3. The molecule has 2 nitrogen and oxygen atoms in total. The van der Waals surface area contributed by atoms with Gasteiger partial charge in [0, 0.05) is 5.56 Å². The number of rotatable bonds is 5. The summed E-state index contributed by atoms with van der Waals surface area (Å²) in [5.41, 5.74) is 1.19. The van der Waals surface area contributed by atoms with E-state index in [9.17, 15) is 22.8 Å². The maximum Gasteiger partial charge on any atom is 0.416 e. The maximum absolute atomic E-state index is 13.3. The molecule has 0 heterocycles. The normalized spacial score (nSPS) is 13.0. The largest absolute Gasteiger partial charge is 0.416 e. The van der Waals surface area contributed by atoms with Gasteiger partial charge in [-0.1, -0.05) is 54.6 Å². The number of nitrogens with zero attached hydrogens (tertiary/aromatic N) is 2. The fourth-order valence-corrected chi connectivity index (χ4v) is 2.90. The first-order valence-corrected chi connectivity index (χ1v) is 8.82. The maximum atomic E-state index is 13.3.